The Morgan fingerprint density at radius 2 is 1.65 bits per heavy atom. The number of carbonyl (C=O) groups is 1. The lowest BCUT2D eigenvalue weighted by Crippen LogP contribution is -2.51. The number of benzene rings is 1. The van der Waals surface area contributed by atoms with Gasteiger partial charge in [0.05, 0.1) is 18.5 Å². The molecule has 0 aliphatic carbocycles. The van der Waals surface area contributed by atoms with Gasteiger partial charge in [0.25, 0.3) is 5.91 Å². The van der Waals surface area contributed by atoms with Crippen LogP contribution in [-0.4, -0.2) is 73.2 Å². The van der Waals surface area contributed by atoms with Gasteiger partial charge >= 0.3 is 0 Å². The molecule has 0 saturated carbocycles. The first-order chi connectivity index (χ1) is 14.6. The molecule has 31 heavy (non-hydrogen) atoms. The number of hydrogen-bond donors (Lipinski definition) is 0. The first-order valence-electron chi connectivity index (χ1n) is 10.3. The number of hydrogen-bond acceptors (Lipinski definition) is 6. The predicted octanol–water partition coefficient (Wildman–Crippen LogP) is 2.00. The maximum absolute atomic E-state index is 13.2. The van der Waals surface area contributed by atoms with Gasteiger partial charge in [0.15, 0.2) is 6.61 Å². The Hall–Kier alpha value is -2.59. The molecule has 1 aliphatic heterocycles. The number of methoxy groups -OCH3 is 1. The number of ether oxygens (including phenoxy) is 2. The van der Waals surface area contributed by atoms with Gasteiger partial charge in [-0.3, -0.25) is 9.48 Å². The molecule has 0 bridgehead atoms. The summed E-state index contributed by atoms with van der Waals surface area (Å²) < 4.78 is 40.3. The van der Waals surface area contributed by atoms with Gasteiger partial charge in [0.2, 0.25) is 10.0 Å². The lowest BCUT2D eigenvalue weighted by atomic mass is 10.3. The molecule has 0 atom stereocenters. The molecule has 2 aromatic rings. The van der Waals surface area contributed by atoms with Gasteiger partial charge in [0, 0.05) is 32.2 Å². The van der Waals surface area contributed by atoms with Gasteiger partial charge in [-0.2, -0.15) is 9.40 Å². The van der Waals surface area contributed by atoms with Crippen LogP contribution in [0, 0.1) is 13.8 Å². The molecule has 1 fully saturated rings. The van der Waals surface area contributed by atoms with Crippen molar-refractivity contribution >= 4 is 15.9 Å². The quantitative estimate of drug-likeness (QED) is 0.641. The van der Waals surface area contributed by atoms with Crippen molar-refractivity contribution < 1.29 is 22.7 Å². The van der Waals surface area contributed by atoms with Crippen LogP contribution in [0.15, 0.2) is 29.2 Å². The zero-order valence-corrected chi connectivity index (χ0v) is 19.5. The zero-order chi connectivity index (χ0) is 22.8. The van der Waals surface area contributed by atoms with Crippen LogP contribution >= 0.6 is 0 Å². The van der Waals surface area contributed by atoms with E-state index in [1.54, 1.807) is 54.8 Å². The Kier molecular flexibility index (Phi) is 6.90. The summed E-state index contributed by atoms with van der Waals surface area (Å²) in [6.07, 6.45) is 0. The molecule has 1 saturated heterocycles. The maximum Gasteiger partial charge on any atom is 0.260 e. The Morgan fingerprint density at radius 3 is 2.16 bits per heavy atom. The summed E-state index contributed by atoms with van der Waals surface area (Å²) >= 11 is 0. The van der Waals surface area contributed by atoms with E-state index in [0.717, 1.165) is 0 Å². The SMILES string of the molecule is COc1ccc(OCC(=O)N2CCN(S(=O)(=O)c3c(C)nn(C(C)C)c3C)CC2)cc1. The largest absolute Gasteiger partial charge is 0.497 e. The summed E-state index contributed by atoms with van der Waals surface area (Å²) in [5.74, 6) is 1.11. The number of aryl methyl sites for hydroxylation is 1. The number of nitrogens with zero attached hydrogens (tertiary/aromatic N) is 4. The van der Waals surface area contributed by atoms with E-state index in [1.807, 2.05) is 13.8 Å². The van der Waals surface area contributed by atoms with E-state index in [4.69, 9.17) is 9.47 Å². The average Bonchev–Trinajstić information content (AvgIpc) is 3.07. The molecular weight excluding hydrogens is 420 g/mol. The molecule has 2 heterocycles. The minimum absolute atomic E-state index is 0.0721. The Balaban J connectivity index is 1.60. The molecule has 1 aliphatic rings. The third-order valence-electron chi connectivity index (χ3n) is 5.36. The second-order valence-electron chi connectivity index (χ2n) is 7.79. The van der Waals surface area contributed by atoms with Crippen molar-refractivity contribution in [2.24, 2.45) is 0 Å². The molecule has 0 N–H and O–H groups in total. The first kappa shape index (κ1) is 23.1. The van der Waals surface area contributed by atoms with Crippen molar-refractivity contribution in [2.45, 2.75) is 38.6 Å². The Bertz CT molecular complexity index is 1020. The Labute approximate surface area is 183 Å². The smallest absolute Gasteiger partial charge is 0.260 e. The van der Waals surface area contributed by atoms with Gasteiger partial charge in [-0.25, -0.2) is 8.42 Å². The minimum Gasteiger partial charge on any atom is -0.497 e. The van der Waals surface area contributed by atoms with Crippen LogP contribution in [0.5, 0.6) is 11.5 Å². The van der Waals surface area contributed by atoms with Crippen LogP contribution in [0.25, 0.3) is 0 Å². The number of aromatic nitrogens is 2. The van der Waals surface area contributed by atoms with E-state index in [9.17, 15) is 13.2 Å². The number of piperazine rings is 1. The summed E-state index contributed by atoms with van der Waals surface area (Å²) in [6, 6.07) is 7.06. The number of sulfonamides is 1. The topological polar surface area (TPSA) is 94.0 Å². The molecule has 1 amide bonds. The summed E-state index contributed by atoms with van der Waals surface area (Å²) in [7, 11) is -2.10. The standard InChI is InChI=1S/C21H30N4O5S/c1-15(2)25-17(4)21(16(3)22-25)31(27,28)24-12-10-23(11-13-24)20(26)14-30-19-8-6-18(29-5)7-9-19/h6-9,15H,10-14H2,1-5H3. The molecule has 0 radical (unpaired) electrons. The number of rotatable bonds is 7. The van der Waals surface area contributed by atoms with Crippen LogP contribution in [0.4, 0.5) is 0 Å². The summed E-state index contributed by atoms with van der Waals surface area (Å²) in [5, 5.41) is 4.40. The molecule has 9 nitrogen and oxygen atoms in total. The first-order valence-corrected chi connectivity index (χ1v) is 11.7. The summed E-state index contributed by atoms with van der Waals surface area (Å²) in [5.41, 5.74) is 1.14. The van der Waals surface area contributed by atoms with Gasteiger partial charge in [0.1, 0.15) is 16.4 Å². The fraction of sp³-hybridized carbons (Fsp3) is 0.524. The van der Waals surface area contributed by atoms with Crippen LogP contribution in [-0.2, 0) is 14.8 Å². The highest BCUT2D eigenvalue weighted by Crippen LogP contribution is 2.26. The third kappa shape index (κ3) is 4.85. The van der Waals surface area contributed by atoms with Gasteiger partial charge in [-0.15, -0.1) is 0 Å². The normalized spacial score (nSPS) is 15.4. The molecular formula is C21H30N4O5S. The molecule has 10 heteroatoms. The number of carbonyl (C=O) groups excluding carboxylic acids is 1. The van der Waals surface area contributed by atoms with Crippen LogP contribution in [0.1, 0.15) is 31.3 Å². The van der Waals surface area contributed by atoms with E-state index in [-0.39, 0.29) is 36.5 Å². The monoisotopic (exact) mass is 450 g/mol. The van der Waals surface area contributed by atoms with Gasteiger partial charge in [-0.1, -0.05) is 0 Å². The zero-order valence-electron chi connectivity index (χ0n) is 18.7. The van der Waals surface area contributed by atoms with Gasteiger partial charge < -0.3 is 14.4 Å². The van der Waals surface area contributed by atoms with Gasteiger partial charge in [-0.05, 0) is 52.0 Å². The van der Waals surface area contributed by atoms with Crippen molar-refractivity contribution in [3.8, 4) is 11.5 Å². The highest BCUT2D eigenvalue weighted by Gasteiger charge is 2.34. The molecule has 0 spiro atoms. The van der Waals surface area contributed by atoms with Crippen LogP contribution in [0.2, 0.25) is 0 Å². The van der Waals surface area contributed by atoms with Crippen molar-refractivity contribution in [3.05, 3.63) is 35.7 Å². The highest BCUT2D eigenvalue weighted by molar-refractivity contribution is 7.89. The second-order valence-corrected chi connectivity index (χ2v) is 9.66. The fourth-order valence-corrected chi connectivity index (χ4v) is 5.52. The summed E-state index contributed by atoms with van der Waals surface area (Å²) in [4.78, 5) is 14.4. The predicted molar refractivity (Wildman–Crippen MR) is 116 cm³/mol. The van der Waals surface area contributed by atoms with Crippen molar-refractivity contribution in [1.82, 2.24) is 19.0 Å². The molecule has 1 aromatic carbocycles. The van der Waals surface area contributed by atoms with E-state index >= 15 is 0 Å². The summed E-state index contributed by atoms with van der Waals surface area (Å²) in [6.45, 7) is 8.45. The van der Waals surface area contributed by atoms with E-state index in [0.29, 0.717) is 36.0 Å². The molecule has 1 aromatic heterocycles. The van der Waals surface area contributed by atoms with E-state index < -0.39 is 10.0 Å². The van der Waals surface area contributed by atoms with E-state index in [2.05, 4.69) is 5.10 Å². The molecule has 3 rings (SSSR count). The third-order valence-corrected chi connectivity index (χ3v) is 7.51. The molecule has 170 valence electrons. The second kappa shape index (κ2) is 9.27. The van der Waals surface area contributed by atoms with Crippen LogP contribution < -0.4 is 9.47 Å². The highest BCUT2D eigenvalue weighted by atomic mass is 32.2. The van der Waals surface area contributed by atoms with E-state index in [1.165, 1.54) is 4.31 Å². The Morgan fingerprint density at radius 1 is 1.06 bits per heavy atom. The average molecular weight is 451 g/mol. The number of amides is 1. The van der Waals surface area contributed by atoms with Crippen molar-refractivity contribution in [1.29, 1.82) is 0 Å². The fourth-order valence-electron chi connectivity index (χ4n) is 3.74. The van der Waals surface area contributed by atoms with Crippen LogP contribution in [0.3, 0.4) is 0 Å². The lowest BCUT2D eigenvalue weighted by molar-refractivity contribution is -0.134. The van der Waals surface area contributed by atoms with Crippen molar-refractivity contribution in [2.75, 3.05) is 39.9 Å². The molecule has 0 unspecified atom stereocenters. The minimum atomic E-state index is -3.68. The maximum atomic E-state index is 13.2. The van der Waals surface area contributed by atoms with Crippen molar-refractivity contribution in [3.63, 3.8) is 0 Å². The lowest BCUT2D eigenvalue weighted by Gasteiger charge is -2.34.